The van der Waals surface area contributed by atoms with Crippen LogP contribution in [0.2, 0.25) is 10.0 Å². The fourth-order valence-corrected chi connectivity index (χ4v) is 5.12. The lowest BCUT2D eigenvalue weighted by Gasteiger charge is -2.28. The second-order valence-corrected chi connectivity index (χ2v) is 8.80. The van der Waals surface area contributed by atoms with Crippen LogP contribution in [0.4, 0.5) is 0 Å². The number of nitrogens with one attached hydrogen (secondary N) is 1. The summed E-state index contributed by atoms with van der Waals surface area (Å²) >= 11 is 18.4. The van der Waals surface area contributed by atoms with Gasteiger partial charge in [-0.25, -0.2) is 0 Å². The van der Waals surface area contributed by atoms with Gasteiger partial charge in [0.25, 0.3) is 0 Å². The Bertz CT molecular complexity index is 1100. The molecular weight excluding hydrogens is 451 g/mol. The summed E-state index contributed by atoms with van der Waals surface area (Å²) in [5.74, 6) is 0. The van der Waals surface area contributed by atoms with E-state index >= 15 is 0 Å². The maximum atomic E-state index is 6.55. The van der Waals surface area contributed by atoms with Crippen molar-refractivity contribution in [1.82, 2.24) is 19.8 Å². The highest BCUT2D eigenvalue weighted by Crippen LogP contribution is 2.41. The van der Waals surface area contributed by atoms with Gasteiger partial charge in [-0.2, -0.15) is 0 Å². The quantitative estimate of drug-likeness (QED) is 0.483. The van der Waals surface area contributed by atoms with Gasteiger partial charge in [0.2, 0.25) is 0 Å². The Morgan fingerprint density at radius 2 is 1.97 bits per heavy atom. The molecule has 1 aromatic carbocycles. The molecule has 31 heavy (non-hydrogen) atoms. The second kappa shape index (κ2) is 9.17. The summed E-state index contributed by atoms with van der Waals surface area (Å²) in [5.41, 5.74) is 5.20. The summed E-state index contributed by atoms with van der Waals surface area (Å²) < 4.78 is 7.52. The Morgan fingerprint density at radius 3 is 2.65 bits per heavy atom. The van der Waals surface area contributed by atoms with Crippen molar-refractivity contribution in [1.29, 1.82) is 0 Å². The maximum Gasteiger partial charge on any atom is 0.170 e. The van der Waals surface area contributed by atoms with E-state index in [0.29, 0.717) is 28.3 Å². The van der Waals surface area contributed by atoms with E-state index in [1.807, 2.05) is 36.5 Å². The first kappa shape index (κ1) is 22.1. The van der Waals surface area contributed by atoms with E-state index in [2.05, 4.69) is 39.7 Å². The minimum Gasteiger partial charge on any atom is -0.383 e. The van der Waals surface area contributed by atoms with E-state index in [9.17, 15) is 0 Å². The number of methoxy groups -OCH3 is 1. The molecular formula is C23H24Cl2N4OS. The van der Waals surface area contributed by atoms with Crippen molar-refractivity contribution in [2.24, 2.45) is 0 Å². The summed E-state index contributed by atoms with van der Waals surface area (Å²) in [6, 6.07) is 13.6. The fraction of sp³-hybridized carbons (Fsp3) is 0.304. The van der Waals surface area contributed by atoms with Crippen LogP contribution in [0.3, 0.4) is 0 Å². The minimum atomic E-state index is -0.0693. The molecule has 0 amide bonds. The van der Waals surface area contributed by atoms with Gasteiger partial charge in [0.15, 0.2) is 5.11 Å². The third-order valence-corrected chi connectivity index (χ3v) is 6.56. The summed E-state index contributed by atoms with van der Waals surface area (Å²) in [6.07, 6.45) is 1.81. The van der Waals surface area contributed by atoms with Crippen LogP contribution in [0.25, 0.3) is 5.69 Å². The molecule has 162 valence electrons. The van der Waals surface area contributed by atoms with Crippen LogP contribution in [0.15, 0.2) is 48.7 Å². The van der Waals surface area contributed by atoms with Crippen LogP contribution in [0.5, 0.6) is 0 Å². The van der Waals surface area contributed by atoms with Gasteiger partial charge in [0.1, 0.15) is 0 Å². The summed E-state index contributed by atoms with van der Waals surface area (Å²) in [4.78, 5) is 6.79. The van der Waals surface area contributed by atoms with Crippen molar-refractivity contribution >= 4 is 40.5 Å². The number of hydrogen-bond acceptors (Lipinski definition) is 3. The standard InChI is InChI=1S/C23H24Cl2N4OS/c1-14-12-17(15(2)29(14)20-8-7-16(24)13-18(20)25)22-21(19-6-4-5-9-26-19)27-23(31)28(22)10-11-30-3/h4-9,12-13,21-22H,10-11H2,1-3H3,(H,27,31)/t21-,22+/m1/s1. The van der Waals surface area contributed by atoms with Crippen LogP contribution in [0, 0.1) is 13.8 Å². The van der Waals surface area contributed by atoms with Gasteiger partial charge >= 0.3 is 0 Å². The molecule has 0 aliphatic carbocycles. The first-order valence-corrected chi connectivity index (χ1v) is 11.2. The number of thiocarbonyl (C=S) groups is 1. The number of aryl methyl sites for hydroxylation is 1. The molecule has 4 rings (SSSR count). The number of halogens is 2. The molecule has 0 spiro atoms. The Kier molecular flexibility index (Phi) is 6.53. The van der Waals surface area contributed by atoms with Crippen molar-refractivity contribution < 1.29 is 4.74 Å². The molecule has 0 unspecified atom stereocenters. The Labute approximate surface area is 197 Å². The first-order valence-electron chi connectivity index (χ1n) is 10.0. The number of benzene rings is 1. The molecule has 1 fully saturated rings. The first-order chi connectivity index (χ1) is 14.9. The molecule has 5 nitrogen and oxygen atoms in total. The van der Waals surface area contributed by atoms with E-state index in [4.69, 9.17) is 40.2 Å². The van der Waals surface area contributed by atoms with Crippen LogP contribution in [0.1, 0.15) is 34.7 Å². The molecule has 0 saturated carbocycles. The molecule has 1 saturated heterocycles. The Morgan fingerprint density at radius 1 is 1.16 bits per heavy atom. The number of nitrogens with zero attached hydrogens (tertiary/aromatic N) is 3. The van der Waals surface area contributed by atoms with E-state index in [-0.39, 0.29) is 12.1 Å². The van der Waals surface area contributed by atoms with Crippen LogP contribution in [-0.4, -0.2) is 39.8 Å². The molecule has 1 aliphatic rings. The molecule has 1 aliphatic heterocycles. The van der Waals surface area contributed by atoms with Crippen molar-refractivity contribution in [3.05, 3.63) is 81.4 Å². The lowest BCUT2D eigenvalue weighted by molar-refractivity contribution is 0.164. The van der Waals surface area contributed by atoms with Crippen molar-refractivity contribution in [3.8, 4) is 5.69 Å². The molecule has 1 N–H and O–H groups in total. The van der Waals surface area contributed by atoms with Gasteiger partial charge in [-0.15, -0.1) is 0 Å². The smallest absolute Gasteiger partial charge is 0.170 e. The largest absolute Gasteiger partial charge is 0.383 e. The number of pyridine rings is 1. The topological polar surface area (TPSA) is 42.3 Å². The van der Waals surface area contributed by atoms with Crippen LogP contribution in [-0.2, 0) is 4.74 Å². The number of rotatable bonds is 6. The number of ether oxygens (including phenoxy) is 1. The van der Waals surface area contributed by atoms with Crippen molar-refractivity contribution in [3.63, 3.8) is 0 Å². The van der Waals surface area contributed by atoms with Gasteiger partial charge in [0.05, 0.1) is 35.1 Å². The van der Waals surface area contributed by atoms with Gasteiger partial charge in [-0.05, 0) is 68.0 Å². The van der Waals surface area contributed by atoms with E-state index in [1.165, 1.54) is 5.56 Å². The van der Waals surface area contributed by atoms with Crippen molar-refractivity contribution in [2.75, 3.05) is 20.3 Å². The number of aromatic nitrogens is 2. The van der Waals surface area contributed by atoms with Gasteiger partial charge in [0, 0.05) is 36.3 Å². The van der Waals surface area contributed by atoms with Gasteiger partial charge in [-0.1, -0.05) is 29.3 Å². The summed E-state index contributed by atoms with van der Waals surface area (Å²) in [7, 11) is 1.70. The Balaban J connectivity index is 1.83. The normalized spacial score (nSPS) is 18.5. The molecule has 8 heteroatoms. The third-order valence-electron chi connectivity index (χ3n) is 5.67. The molecule has 3 heterocycles. The van der Waals surface area contributed by atoms with E-state index in [0.717, 1.165) is 22.8 Å². The van der Waals surface area contributed by atoms with E-state index < -0.39 is 0 Å². The highest BCUT2D eigenvalue weighted by atomic mass is 35.5. The fourth-order valence-electron chi connectivity index (χ4n) is 4.29. The average Bonchev–Trinajstić information content (AvgIpc) is 3.23. The Hall–Kier alpha value is -2.12. The van der Waals surface area contributed by atoms with E-state index in [1.54, 1.807) is 13.2 Å². The molecule has 3 aromatic rings. The lowest BCUT2D eigenvalue weighted by Crippen LogP contribution is -2.32. The summed E-state index contributed by atoms with van der Waals surface area (Å²) in [6.45, 7) is 5.45. The SMILES string of the molecule is COCCN1C(=S)N[C@H](c2ccccn2)[C@@H]1c1cc(C)n(-c2ccc(Cl)cc2Cl)c1C. The molecule has 0 radical (unpaired) electrons. The predicted octanol–water partition coefficient (Wildman–Crippen LogP) is 5.41. The van der Waals surface area contributed by atoms with Gasteiger partial charge < -0.3 is 19.5 Å². The van der Waals surface area contributed by atoms with Crippen LogP contribution >= 0.6 is 35.4 Å². The highest BCUT2D eigenvalue weighted by Gasteiger charge is 2.41. The zero-order valence-corrected chi connectivity index (χ0v) is 19.9. The zero-order chi connectivity index (χ0) is 22.1. The minimum absolute atomic E-state index is 0.0245. The maximum absolute atomic E-state index is 6.55. The lowest BCUT2D eigenvalue weighted by atomic mass is 9.97. The number of hydrogen-bond donors (Lipinski definition) is 1. The average molecular weight is 475 g/mol. The molecule has 0 bridgehead atoms. The molecule has 2 aromatic heterocycles. The zero-order valence-electron chi connectivity index (χ0n) is 17.6. The third kappa shape index (κ3) is 4.17. The van der Waals surface area contributed by atoms with Crippen molar-refractivity contribution in [2.45, 2.75) is 25.9 Å². The van der Waals surface area contributed by atoms with Gasteiger partial charge in [-0.3, -0.25) is 4.98 Å². The monoisotopic (exact) mass is 474 g/mol. The molecule has 2 atom stereocenters. The van der Waals surface area contributed by atoms with Crippen LogP contribution < -0.4 is 5.32 Å². The second-order valence-electron chi connectivity index (χ2n) is 7.57. The predicted molar refractivity (Wildman–Crippen MR) is 129 cm³/mol. The highest BCUT2D eigenvalue weighted by molar-refractivity contribution is 7.80. The summed E-state index contributed by atoms with van der Waals surface area (Å²) in [5, 5.41) is 5.40.